The van der Waals surface area contributed by atoms with E-state index < -0.39 is 0 Å². The van der Waals surface area contributed by atoms with Crippen LogP contribution in [0.1, 0.15) is 15.9 Å². The van der Waals surface area contributed by atoms with Gasteiger partial charge in [-0.05, 0) is 49.1 Å². The lowest BCUT2D eigenvalue weighted by atomic mass is 10.1. The van der Waals surface area contributed by atoms with E-state index >= 15 is 0 Å². The first-order valence-electron chi connectivity index (χ1n) is 8.03. The number of nitrogens with zero attached hydrogens (tertiary/aromatic N) is 2. The molecule has 1 saturated heterocycles. The predicted molar refractivity (Wildman–Crippen MR) is 103 cm³/mol. The van der Waals surface area contributed by atoms with Crippen LogP contribution in [0.15, 0.2) is 47.4 Å². The van der Waals surface area contributed by atoms with E-state index in [9.17, 15) is 4.79 Å². The van der Waals surface area contributed by atoms with Crippen molar-refractivity contribution < 1.29 is 4.79 Å². The number of hydrogen-bond donors (Lipinski definition) is 0. The van der Waals surface area contributed by atoms with Crippen molar-refractivity contribution in [3.05, 3.63) is 58.6 Å². The average molecular weight is 361 g/mol. The molecule has 1 amide bonds. The van der Waals surface area contributed by atoms with Crippen molar-refractivity contribution in [1.29, 1.82) is 0 Å². The molecule has 3 nitrogen and oxygen atoms in total. The van der Waals surface area contributed by atoms with Crippen molar-refractivity contribution in [3.8, 4) is 0 Å². The van der Waals surface area contributed by atoms with Gasteiger partial charge in [0.2, 0.25) is 0 Å². The molecule has 3 rings (SSSR count). The number of thioether (sulfide) groups is 1. The molecule has 0 saturated carbocycles. The van der Waals surface area contributed by atoms with Crippen LogP contribution in [0.2, 0.25) is 5.02 Å². The first-order chi connectivity index (χ1) is 11.6. The van der Waals surface area contributed by atoms with Gasteiger partial charge in [-0.15, -0.1) is 11.8 Å². The maximum absolute atomic E-state index is 12.9. The van der Waals surface area contributed by atoms with E-state index in [1.54, 1.807) is 11.8 Å². The van der Waals surface area contributed by atoms with E-state index in [4.69, 9.17) is 11.6 Å². The van der Waals surface area contributed by atoms with Crippen molar-refractivity contribution in [1.82, 2.24) is 4.90 Å². The summed E-state index contributed by atoms with van der Waals surface area (Å²) in [5.41, 5.74) is 2.98. The number of amides is 1. The van der Waals surface area contributed by atoms with E-state index in [0.717, 1.165) is 52.9 Å². The number of rotatable bonds is 3. The minimum atomic E-state index is 0.133. The minimum absolute atomic E-state index is 0.133. The highest BCUT2D eigenvalue weighted by Gasteiger charge is 2.23. The Labute approximate surface area is 152 Å². The molecule has 0 radical (unpaired) electrons. The molecule has 0 unspecified atom stereocenters. The summed E-state index contributed by atoms with van der Waals surface area (Å²) in [6, 6.07) is 14.0. The van der Waals surface area contributed by atoms with Gasteiger partial charge in [-0.1, -0.05) is 23.7 Å². The summed E-state index contributed by atoms with van der Waals surface area (Å²) in [5.74, 6) is 0.133. The highest BCUT2D eigenvalue weighted by molar-refractivity contribution is 7.98. The number of piperazine rings is 1. The summed E-state index contributed by atoms with van der Waals surface area (Å²) >= 11 is 7.74. The monoisotopic (exact) mass is 360 g/mol. The van der Waals surface area contributed by atoms with Gasteiger partial charge in [-0.2, -0.15) is 0 Å². The minimum Gasteiger partial charge on any atom is -0.368 e. The summed E-state index contributed by atoms with van der Waals surface area (Å²) < 4.78 is 0. The molecule has 24 heavy (non-hydrogen) atoms. The Hall–Kier alpha value is -1.65. The second-order valence-corrected chi connectivity index (χ2v) is 7.26. The van der Waals surface area contributed by atoms with Gasteiger partial charge >= 0.3 is 0 Å². The van der Waals surface area contributed by atoms with Crippen molar-refractivity contribution in [3.63, 3.8) is 0 Å². The molecule has 1 aliphatic rings. The summed E-state index contributed by atoms with van der Waals surface area (Å²) in [7, 11) is 0. The Bertz CT molecular complexity index is 742. The van der Waals surface area contributed by atoms with Gasteiger partial charge < -0.3 is 9.80 Å². The lowest BCUT2D eigenvalue weighted by Gasteiger charge is -2.36. The molecule has 2 aromatic carbocycles. The van der Waals surface area contributed by atoms with Crippen LogP contribution >= 0.6 is 23.4 Å². The first kappa shape index (κ1) is 17.2. The lowest BCUT2D eigenvalue weighted by molar-refractivity contribution is 0.0746. The summed E-state index contributed by atoms with van der Waals surface area (Å²) in [5, 5.41) is 0.746. The maximum atomic E-state index is 12.9. The highest BCUT2D eigenvalue weighted by Crippen LogP contribution is 2.23. The van der Waals surface area contributed by atoms with Crippen LogP contribution in [0.25, 0.3) is 0 Å². The Balaban J connectivity index is 1.69. The number of hydrogen-bond acceptors (Lipinski definition) is 3. The number of aryl methyl sites for hydroxylation is 1. The summed E-state index contributed by atoms with van der Waals surface area (Å²) in [6.07, 6.45) is 2.03. The molecule has 1 aliphatic heterocycles. The van der Waals surface area contributed by atoms with Crippen LogP contribution in [0.5, 0.6) is 0 Å². The summed E-state index contributed by atoms with van der Waals surface area (Å²) in [4.78, 5) is 18.2. The maximum Gasteiger partial charge on any atom is 0.254 e. The molecule has 0 bridgehead atoms. The predicted octanol–water partition coefficient (Wildman–Crippen LogP) is 4.33. The van der Waals surface area contributed by atoms with Gasteiger partial charge in [-0.3, -0.25) is 4.79 Å². The standard InChI is InChI=1S/C19H21ClN2OS/c1-14-6-7-17(24-2)13-18(14)19(23)22-10-8-21(9-11-22)16-5-3-4-15(20)12-16/h3-7,12-13H,8-11H2,1-2H3. The van der Waals surface area contributed by atoms with E-state index in [1.807, 2.05) is 48.4 Å². The van der Waals surface area contributed by atoms with Gasteiger partial charge in [0.05, 0.1) is 0 Å². The molecule has 2 aromatic rings. The SMILES string of the molecule is CSc1ccc(C)c(C(=O)N2CCN(c3cccc(Cl)c3)CC2)c1. The normalized spacial score (nSPS) is 14.8. The Kier molecular flexibility index (Phi) is 5.36. The second-order valence-electron chi connectivity index (χ2n) is 5.94. The van der Waals surface area contributed by atoms with Crippen LogP contribution in [0, 0.1) is 6.92 Å². The quantitative estimate of drug-likeness (QED) is 0.761. The average Bonchev–Trinajstić information content (AvgIpc) is 2.62. The fourth-order valence-electron chi connectivity index (χ4n) is 2.97. The van der Waals surface area contributed by atoms with Gasteiger partial charge in [0.25, 0.3) is 5.91 Å². The first-order valence-corrected chi connectivity index (χ1v) is 9.63. The second kappa shape index (κ2) is 7.49. The largest absolute Gasteiger partial charge is 0.368 e. The Morgan fingerprint density at radius 3 is 2.50 bits per heavy atom. The zero-order chi connectivity index (χ0) is 17.1. The molecule has 5 heteroatoms. The number of carbonyl (C=O) groups is 1. The van der Waals surface area contributed by atoms with Crippen molar-refractivity contribution in [2.24, 2.45) is 0 Å². The zero-order valence-corrected chi connectivity index (χ0v) is 15.5. The molecular formula is C19H21ClN2OS. The van der Waals surface area contributed by atoms with Crippen LogP contribution in [-0.4, -0.2) is 43.2 Å². The van der Waals surface area contributed by atoms with Crippen LogP contribution in [0.4, 0.5) is 5.69 Å². The van der Waals surface area contributed by atoms with Crippen molar-refractivity contribution >= 4 is 35.0 Å². The van der Waals surface area contributed by atoms with Gasteiger partial charge in [0.1, 0.15) is 0 Å². The Morgan fingerprint density at radius 2 is 1.83 bits per heavy atom. The lowest BCUT2D eigenvalue weighted by Crippen LogP contribution is -2.49. The van der Waals surface area contributed by atoms with Gasteiger partial charge in [0, 0.05) is 47.3 Å². The number of halogens is 1. The highest BCUT2D eigenvalue weighted by atomic mass is 35.5. The smallest absolute Gasteiger partial charge is 0.254 e. The Morgan fingerprint density at radius 1 is 1.08 bits per heavy atom. The van der Waals surface area contributed by atoms with E-state index in [1.165, 1.54) is 0 Å². The zero-order valence-electron chi connectivity index (χ0n) is 14.0. The van der Waals surface area contributed by atoms with Crippen LogP contribution in [-0.2, 0) is 0 Å². The molecule has 1 fully saturated rings. The third kappa shape index (κ3) is 3.70. The molecule has 0 atom stereocenters. The van der Waals surface area contributed by atoms with Gasteiger partial charge in [0.15, 0.2) is 0 Å². The third-order valence-corrected chi connectivity index (χ3v) is 5.38. The van der Waals surface area contributed by atoms with E-state index in [2.05, 4.69) is 17.0 Å². The summed E-state index contributed by atoms with van der Waals surface area (Å²) in [6.45, 7) is 5.11. The van der Waals surface area contributed by atoms with Crippen molar-refractivity contribution in [2.75, 3.05) is 37.3 Å². The number of anilines is 1. The topological polar surface area (TPSA) is 23.6 Å². The number of carbonyl (C=O) groups excluding carboxylic acids is 1. The molecule has 0 N–H and O–H groups in total. The van der Waals surface area contributed by atoms with Gasteiger partial charge in [-0.25, -0.2) is 0 Å². The molecule has 0 aliphatic carbocycles. The number of benzene rings is 2. The third-order valence-electron chi connectivity index (χ3n) is 4.42. The van der Waals surface area contributed by atoms with Crippen LogP contribution in [0.3, 0.4) is 0 Å². The molecular weight excluding hydrogens is 340 g/mol. The van der Waals surface area contributed by atoms with E-state index in [-0.39, 0.29) is 5.91 Å². The molecule has 1 heterocycles. The molecule has 0 aromatic heterocycles. The fraction of sp³-hybridized carbons (Fsp3) is 0.316. The van der Waals surface area contributed by atoms with Crippen LogP contribution < -0.4 is 4.90 Å². The van der Waals surface area contributed by atoms with Crippen molar-refractivity contribution in [2.45, 2.75) is 11.8 Å². The molecule has 0 spiro atoms. The van der Waals surface area contributed by atoms with E-state index in [0.29, 0.717) is 0 Å². The molecule has 126 valence electrons. The fourth-order valence-corrected chi connectivity index (χ4v) is 3.59.